The average molecular weight is 248 g/mol. The van der Waals surface area contributed by atoms with Crippen molar-refractivity contribution in [2.45, 2.75) is 20.8 Å². The molecular weight excluding hydrogens is 224 g/mol. The first-order chi connectivity index (χ1) is 8.44. The van der Waals surface area contributed by atoms with Gasteiger partial charge in [-0.1, -0.05) is 20.8 Å². The summed E-state index contributed by atoms with van der Waals surface area (Å²) in [5.41, 5.74) is 7.17. The largest absolute Gasteiger partial charge is 0.384 e. The van der Waals surface area contributed by atoms with Gasteiger partial charge in [0.15, 0.2) is 0 Å². The van der Waals surface area contributed by atoms with Crippen LogP contribution in [0.4, 0.5) is 11.5 Å². The van der Waals surface area contributed by atoms with Gasteiger partial charge >= 0.3 is 0 Å². The van der Waals surface area contributed by atoms with Crippen molar-refractivity contribution in [3.8, 4) is 0 Å². The minimum Gasteiger partial charge on any atom is -0.384 e. The van der Waals surface area contributed by atoms with Gasteiger partial charge in [-0.05, 0) is 17.5 Å². The molecule has 4 heteroatoms. The van der Waals surface area contributed by atoms with Gasteiger partial charge in [0, 0.05) is 32.7 Å². The standard InChI is InChI=1S/C14H24N4/c1-14(2,3)11-17-6-8-18(9-7-17)12-4-5-13(15)16-10-12/h4-5,10H,6-9,11H2,1-3H3,(H2,15,16). The number of nitrogen functional groups attached to an aromatic ring is 1. The summed E-state index contributed by atoms with van der Waals surface area (Å²) in [6, 6.07) is 3.93. The molecule has 1 fully saturated rings. The van der Waals surface area contributed by atoms with E-state index in [9.17, 15) is 0 Å². The third-order valence-corrected chi connectivity index (χ3v) is 3.21. The first-order valence-electron chi connectivity index (χ1n) is 6.63. The smallest absolute Gasteiger partial charge is 0.123 e. The Morgan fingerprint density at radius 2 is 1.83 bits per heavy atom. The Morgan fingerprint density at radius 3 is 2.33 bits per heavy atom. The fourth-order valence-corrected chi connectivity index (χ4v) is 2.42. The van der Waals surface area contributed by atoms with Crippen LogP contribution in [-0.4, -0.2) is 42.6 Å². The summed E-state index contributed by atoms with van der Waals surface area (Å²) in [5, 5.41) is 0. The van der Waals surface area contributed by atoms with Crippen molar-refractivity contribution in [3.63, 3.8) is 0 Å². The molecule has 0 saturated carbocycles. The molecule has 4 nitrogen and oxygen atoms in total. The minimum absolute atomic E-state index is 0.380. The Bertz CT molecular complexity index is 372. The lowest BCUT2D eigenvalue weighted by Crippen LogP contribution is -2.48. The van der Waals surface area contributed by atoms with Gasteiger partial charge in [0.1, 0.15) is 5.82 Å². The maximum absolute atomic E-state index is 5.61. The first-order valence-corrected chi connectivity index (χ1v) is 6.63. The normalized spacial score (nSPS) is 18.1. The quantitative estimate of drug-likeness (QED) is 0.867. The van der Waals surface area contributed by atoms with Crippen molar-refractivity contribution in [1.29, 1.82) is 0 Å². The first kappa shape index (κ1) is 13.1. The van der Waals surface area contributed by atoms with Crippen molar-refractivity contribution in [3.05, 3.63) is 18.3 Å². The summed E-state index contributed by atoms with van der Waals surface area (Å²) >= 11 is 0. The molecule has 0 atom stereocenters. The van der Waals surface area contributed by atoms with Gasteiger partial charge < -0.3 is 10.6 Å². The number of hydrogen-bond acceptors (Lipinski definition) is 4. The predicted molar refractivity (Wildman–Crippen MR) is 76.8 cm³/mol. The van der Waals surface area contributed by atoms with E-state index in [-0.39, 0.29) is 0 Å². The zero-order valence-corrected chi connectivity index (χ0v) is 11.7. The van der Waals surface area contributed by atoms with Crippen molar-refractivity contribution >= 4 is 11.5 Å². The Morgan fingerprint density at radius 1 is 1.17 bits per heavy atom. The number of hydrogen-bond donors (Lipinski definition) is 1. The maximum atomic E-state index is 5.61. The van der Waals surface area contributed by atoms with Crippen LogP contribution in [0.5, 0.6) is 0 Å². The van der Waals surface area contributed by atoms with Gasteiger partial charge in [0.25, 0.3) is 0 Å². The van der Waals surface area contributed by atoms with Crippen LogP contribution in [0.1, 0.15) is 20.8 Å². The fraction of sp³-hybridized carbons (Fsp3) is 0.643. The van der Waals surface area contributed by atoms with E-state index in [1.165, 1.54) is 12.2 Å². The molecular formula is C14H24N4. The van der Waals surface area contributed by atoms with Crippen molar-refractivity contribution in [1.82, 2.24) is 9.88 Å². The summed E-state index contributed by atoms with van der Waals surface area (Å²) in [5.74, 6) is 0.588. The van der Waals surface area contributed by atoms with E-state index in [1.807, 2.05) is 12.3 Å². The maximum Gasteiger partial charge on any atom is 0.123 e. The molecule has 2 rings (SSSR count). The summed E-state index contributed by atoms with van der Waals surface area (Å²) in [6.07, 6.45) is 1.87. The highest BCUT2D eigenvalue weighted by Gasteiger charge is 2.21. The molecule has 100 valence electrons. The lowest BCUT2D eigenvalue weighted by molar-refractivity contribution is 0.182. The Hall–Kier alpha value is -1.29. The van der Waals surface area contributed by atoms with Gasteiger partial charge in [0.05, 0.1) is 11.9 Å². The molecule has 2 N–H and O–H groups in total. The van der Waals surface area contributed by atoms with E-state index in [0.717, 1.165) is 26.2 Å². The molecule has 1 aliphatic rings. The lowest BCUT2D eigenvalue weighted by atomic mass is 9.96. The Balaban J connectivity index is 1.88. The van der Waals surface area contributed by atoms with Crippen molar-refractivity contribution < 1.29 is 0 Å². The minimum atomic E-state index is 0.380. The third-order valence-electron chi connectivity index (χ3n) is 3.21. The van der Waals surface area contributed by atoms with Gasteiger partial charge in [-0.25, -0.2) is 4.98 Å². The zero-order valence-electron chi connectivity index (χ0n) is 11.7. The van der Waals surface area contributed by atoms with E-state index >= 15 is 0 Å². The number of aromatic nitrogens is 1. The summed E-state index contributed by atoms with van der Waals surface area (Å²) < 4.78 is 0. The Kier molecular flexibility index (Phi) is 3.76. The molecule has 0 aromatic carbocycles. The van der Waals surface area contributed by atoms with E-state index in [2.05, 4.69) is 41.6 Å². The fourth-order valence-electron chi connectivity index (χ4n) is 2.42. The SMILES string of the molecule is CC(C)(C)CN1CCN(c2ccc(N)nc2)CC1. The second kappa shape index (κ2) is 5.14. The molecule has 1 saturated heterocycles. The molecule has 0 bridgehead atoms. The molecule has 18 heavy (non-hydrogen) atoms. The molecule has 1 aromatic rings. The van der Waals surface area contributed by atoms with Gasteiger partial charge in [-0.2, -0.15) is 0 Å². The number of rotatable bonds is 2. The zero-order chi connectivity index (χ0) is 13.2. The van der Waals surface area contributed by atoms with E-state index in [0.29, 0.717) is 11.2 Å². The van der Waals surface area contributed by atoms with Crippen LogP contribution in [0.15, 0.2) is 18.3 Å². The molecule has 0 radical (unpaired) electrons. The highest BCUT2D eigenvalue weighted by atomic mass is 15.3. The number of nitrogens with zero attached hydrogens (tertiary/aromatic N) is 3. The summed E-state index contributed by atoms with van der Waals surface area (Å²) in [4.78, 5) is 9.08. The molecule has 1 aliphatic heterocycles. The molecule has 1 aromatic heterocycles. The highest BCUT2D eigenvalue weighted by molar-refractivity contribution is 5.48. The van der Waals surface area contributed by atoms with Crippen molar-refractivity contribution in [2.24, 2.45) is 5.41 Å². The number of pyridine rings is 1. The molecule has 0 spiro atoms. The van der Waals surface area contributed by atoms with Gasteiger partial charge in [-0.15, -0.1) is 0 Å². The van der Waals surface area contributed by atoms with Crippen molar-refractivity contribution in [2.75, 3.05) is 43.4 Å². The molecule has 0 aliphatic carbocycles. The van der Waals surface area contributed by atoms with Crippen LogP contribution in [0.25, 0.3) is 0 Å². The second-order valence-corrected chi connectivity index (χ2v) is 6.27. The van der Waals surface area contributed by atoms with Crippen LogP contribution in [0, 0.1) is 5.41 Å². The van der Waals surface area contributed by atoms with E-state index < -0.39 is 0 Å². The van der Waals surface area contributed by atoms with Crippen LogP contribution < -0.4 is 10.6 Å². The van der Waals surface area contributed by atoms with E-state index in [1.54, 1.807) is 0 Å². The van der Waals surface area contributed by atoms with Gasteiger partial charge in [-0.3, -0.25) is 4.90 Å². The molecule has 0 unspecified atom stereocenters. The molecule has 2 heterocycles. The summed E-state index contributed by atoms with van der Waals surface area (Å²) in [6.45, 7) is 12.4. The number of anilines is 2. The number of nitrogens with two attached hydrogens (primary N) is 1. The van der Waals surface area contributed by atoms with E-state index in [4.69, 9.17) is 5.73 Å². The monoisotopic (exact) mass is 248 g/mol. The average Bonchev–Trinajstić information content (AvgIpc) is 2.29. The Labute approximate surface area is 110 Å². The van der Waals surface area contributed by atoms with Crippen LogP contribution in [0.3, 0.4) is 0 Å². The topological polar surface area (TPSA) is 45.4 Å². The highest BCUT2D eigenvalue weighted by Crippen LogP contribution is 2.19. The lowest BCUT2D eigenvalue weighted by Gasteiger charge is -2.38. The summed E-state index contributed by atoms with van der Waals surface area (Å²) in [7, 11) is 0. The van der Waals surface area contributed by atoms with Gasteiger partial charge in [0.2, 0.25) is 0 Å². The predicted octanol–water partition coefficient (Wildman–Crippen LogP) is 1.83. The van der Waals surface area contributed by atoms with Crippen LogP contribution in [-0.2, 0) is 0 Å². The third kappa shape index (κ3) is 3.60. The van der Waals surface area contributed by atoms with Crippen LogP contribution >= 0.6 is 0 Å². The second-order valence-electron chi connectivity index (χ2n) is 6.27. The number of piperazine rings is 1. The van der Waals surface area contributed by atoms with Crippen LogP contribution in [0.2, 0.25) is 0 Å². The molecule has 0 amide bonds.